The van der Waals surface area contributed by atoms with E-state index >= 15 is 0 Å². The largest absolute Gasteiger partial charge is 0.481 e. The number of nitriles is 1. The predicted molar refractivity (Wildman–Crippen MR) is 69.3 cm³/mol. The van der Waals surface area contributed by atoms with Crippen molar-refractivity contribution in [1.82, 2.24) is 0 Å². The minimum absolute atomic E-state index is 0.0639. The summed E-state index contributed by atoms with van der Waals surface area (Å²) in [7, 11) is 0. The second-order valence-electron chi connectivity index (χ2n) is 6.60. The summed E-state index contributed by atoms with van der Waals surface area (Å²) in [4.78, 5) is 10.8. The van der Waals surface area contributed by atoms with Crippen LogP contribution in [0.4, 0.5) is 0 Å². The Balaban J connectivity index is 2.89. The average Bonchev–Trinajstić information content (AvgIpc) is 2.11. The molecule has 0 bridgehead atoms. The van der Waals surface area contributed by atoms with Crippen molar-refractivity contribution in [1.29, 1.82) is 5.26 Å². The van der Waals surface area contributed by atoms with Crippen molar-refractivity contribution >= 4 is 5.97 Å². The molecule has 0 aromatic rings. The van der Waals surface area contributed by atoms with E-state index in [9.17, 15) is 10.1 Å². The van der Waals surface area contributed by atoms with Crippen molar-refractivity contribution in [2.75, 3.05) is 0 Å². The molecule has 19 heavy (non-hydrogen) atoms. The highest BCUT2D eigenvalue weighted by atomic mass is 16.7. The number of carboxylic acids is 1. The molecule has 1 aliphatic rings. The maximum atomic E-state index is 10.8. The molecule has 108 valence electrons. The molecule has 1 heterocycles. The molecule has 5 nitrogen and oxygen atoms in total. The van der Waals surface area contributed by atoms with E-state index in [1.54, 1.807) is 13.8 Å². The zero-order valence-corrected chi connectivity index (χ0v) is 12.3. The summed E-state index contributed by atoms with van der Waals surface area (Å²) < 4.78 is 11.4. The fourth-order valence-corrected chi connectivity index (χ4v) is 2.51. The van der Waals surface area contributed by atoms with Crippen LogP contribution in [0.5, 0.6) is 0 Å². The van der Waals surface area contributed by atoms with Gasteiger partial charge in [-0.3, -0.25) is 4.79 Å². The number of carbonyl (C=O) groups is 1. The SMILES string of the molecule is CC1(C)O[C@@H](CC(=O)O)C[C@H]([C@@H](C#N)C(C)(C)C)O1. The summed E-state index contributed by atoms with van der Waals surface area (Å²) in [5.74, 6) is -2.05. The minimum atomic E-state index is -0.897. The van der Waals surface area contributed by atoms with E-state index in [0.717, 1.165) is 0 Å². The molecule has 0 amide bonds. The van der Waals surface area contributed by atoms with Gasteiger partial charge in [0.25, 0.3) is 0 Å². The summed E-state index contributed by atoms with van der Waals surface area (Å²) in [5.41, 5.74) is -0.222. The lowest BCUT2D eigenvalue weighted by molar-refractivity contribution is -0.308. The standard InChI is InChI=1S/C14H23NO4/c1-13(2,3)10(8-15)11-6-9(7-12(16)17)18-14(4,5)19-11/h9-11H,6-7H2,1-5H3,(H,16,17)/t9-,10-,11-/m1/s1. The quantitative estimate of drug-likeness (QED) is 0.851. The van der Waals surface area contributed by atoms with E-state index in [2.05, 4.69) is 6.07 Å². The molecule has 1 N–H and O–H groups in total. The third-order valence-electron chi connectivity index (χ3n) is 3.23. The highest BCUT2D eigenvalue weighted by Gasteiger charge is 2.43. The summed E-state index contributed by atoms with van der Waals surface area (Å²) in [6, 6.07) is 2.30. The van der Waals surface area contributed by atoms with E-state index in [0.29, 0.717) is 6.42 Å². The zero-order chi connectivity index (χ0) is 14.8. The lowest BCUT2D eigenvalue weighted by atomic mass is 9.76. The predicted octanol–water partition coefficient (Wildman–Crippen LogP) is 2.56. The third kappa shape index (κ3) is 4.48. The van der Waals surface area contributed by atoms with Crippen molar-refractivity contribution < 1.29 is 19.4 Å². The van der Waals surface area contributed by atoms with Crippen LogP contribution in [0.2, 0.25) is 0 Å². The van der Waals surface area contributed by atoms with E-state index in [1.165, 1.54) is 0 Å². The van der Waals surface area contributed by atoms with Crippen molar-refractivity contribution in [3.8, 4) is 6.07 Å². The van der Waals surface area contributed by atoms with Crippen LogP contribution in [0.3, 0.4) is 0 Å². The van der Waals surface area contributed by atoms with Crippen molar-refractivity contribution in [2.45, 2.75) is 65.5 Å². The number of nitrogens with zero attached hydrogens (tertiary/aromatic N) is 1. The first-order chi connectivity index (χ1) is 8.55. The van der Waals surface area contributed by atoms with Crippen LogP contribution in [-0.2, 0) is 14.3 Å². The van der Waals surface area contributed by atoms with E-state index in [-0.39, 0.29) is 23.9 Å². The molecule has 1 saturated heterocycles. The molecule has 3 atom stereocenters. The Hall–Kier alpha value is -1.12. The van der Waals surface area contributed by atoms with E-state index in [4.69, 9.17) is 14.6 Å². The van der Waals surface area contributed by atoms with Gasteiger partial charge in [0.2, 0.25) is 0 Å². The molecule has 5 heteroatoms. The molecule has 0 aromatic heterocycles. The van der Waals surface area contributed by atoms with Crippen LogP contribution in [0, 0.1) is 22.7 Å². The van der Waals surface area contributed by atoms with Gasteiger partial charge in [-0.15, -0.1) is 0 Å². The Morgan fingerprint density at radius 1 is 1.47 bits per heavy atom. The van der Waals surface area contributed by atoms with Gasteiger partial charge < -0.3 is 14.6 Å². The topological polar surface area (TPSA) is 79.5 Å². The van der Waals surface area contributed by atoms with Gasteiger partial charge in [-0.25, -0.2) is 0 Å². The van der Waals surface area contributed by atoms with Crippen LogP contribution >= 0.6 is 0 Å². The average molecular weight is 269 g/mol. The first kappa shape index (κ1) is 15.9. The zero-order valence-electron chi connectivity index (χ0n) is 12.3. The third-order valence-corrected chi connectivity index (χ3v) is 3.23. The molecule has 0 spiro atoms. The maximum absolute atomic E-state index is 10.8. The molecular formula is C14H23NO4. The van der Waals surface area contributed by atoms with Crippen LogP contribution < -0.4 is 0 Å². The second kappa shape index (κ2) is 5.48. The van der Waals surface area contributed by atoms with E-state index < -0.39 is 17.9 Å². The molecule has 0 radical (unpaired) electrons. The van der Waals surface area contributed by atoms with Crippen molar-refractivity contribution in [3.05, 3.63) is 0 Å². The fraction of sp³-hybridized carbons (Fsp3) is 0.857. The molecule has 0 unspecified atom stereocenters. The molecule has 1 rings (SSSR count). The Morgan fingerprint density at radius 3 is 2.47 bits per heavy atom. The summed E-state index contributed by atoms with van der Waals surface area (Å²) in [6.45, 7) is 9.47. The molecule has 0 saturated carbocycles. The Bertz CT molecular complexity index is 378. The van der Waals surface area contributed by atoms with Crippen molar-refractivity contribution in [3.63, 3.8) is 0 Å². The highest BCUT2D eigenvalue weighted by molar-refractivity contribution is 5.67. The Labute approximate surface area is 114 Å². The van der Waals surface area contributed by atoms with Gasteiger partial charge in [0, 0.05) is 6.42 Å². The Morgan fingerprint density at radius 2 is 2.05 bits per heavy atom. The Kier molecular flexibility index (Phi) is 4.59. The first-order valence-electron chi connectivity index (χ1n) is 6.52. The molecule has 1 fully saturated rings. The van der Waals surface area contributed by atoms with E-state index in [1.807, 2.05) is 20.8 Å². The minimum Gasteiger partial charge on any atom is -0.481 e. The van der Waals surface area contributed by atoms with Gasteiger partial charge in [0.1, 0.15) is 0 Å². The van der Waals surface area contributed by atoms with Crippen LogP contribution in [0.1, 0.15) is 47.5 Å². The van der Waals surface area contributed by atoms with Gasteiger partial charge in [-0.1, -0.05) is 20.8 Å². The maximum Gasteiger partial charge on any atom is 0.305 e. The van der Waals surface area contributed by atoms with Crippen LogP contribution in [0.25, 0.3) is 0 Å². The van der Waals surface area contributed by atoms with Gasteiger partial charge >= 0.3 is 5.97 Å². The number of hydrogen-bond donors (Lipinski definition) is 1. The lowest BCUT2D eigenvalue weighted by Crippen LogP contribution is -2.49. The summed E-state index contributed by atoms with van der Waals surface area (Å²) >= 11 is 0. The highest BCUT2D eigenvalue weighted by Crippen LogP contribution is 2.38. The van der Waals surface area contributed by atoms with Gasteiger partial charge in [0.15, 0.2) is 5.79 Å². The number of aliphatic carboxylic acids is 1. The molecule has 0 aliphatic carbocycles. The number of carboxylic acid groups (broad SMARTS) is 1. The molecule has 1 aliphatic heterocycles. The summed E-state index contributed by atoms with van der Waals surface area (Å²) in [5, 5.41) is 18.3. The fourth-order valence-electron chi connectivity index (χ4n) is 2.51. The number of ether oxygens (including phenoxy) is 2. The molecular weight excluding hydrogens is 246 g/mol. The lowest BCUT2D eigenvalue weighted by Gasteiger charge is -2.44. The first-order valence-corrected chi connectivity index (χ1v) is 6.52. The second-order valence-corrected chi connectivity index (χ2v) is 6.60. The smallest absolute Gasteiger partial charge is 0.305 e. The molecule has 0 aromatic carbocycles. The monoisotopic (exact) mass is 269 g/mol. The number of hydrogen-bond acceptors (Lipinski definition) is 4. The van der Waals surface area contributed by atoms with Crippen LogP contribution in [-0.4, -0.2) is 29.1 Å². The van der Waals surface area contributed by atoms with Gasteiger partial charge in [-0.05, 0) is 19.3 Å². The van der Waals surface area contributed by atoms with Gasteiger partial charge in [0.05, 0.1) is 30.6 Å². The number of rotatable bonds is 3. The van der Waals surface area contributed by atoms with Crippen molar-refractivity contribution in [2.24, 2.45) is 11.3 Å². The van der Waals surface area contributed by atoms with Gasteiger partial charge in [-0.2, -0.15) is 5.26 Å². The normalized spacial score (nSPS) is 28.4. The van der Waals surface area contributed by atoms with Crippen LogP contribution in [0.15, 0.2) is 0 Å². The summed E-state index contributed by atoms with van der Waals surface area (Å²) in [6.07, 6.45) is -0.348.